The molecular weight excluding hydrogens is 460 g/mol. The van der Waals surface area contributed by atoms with Crippen LogP contribution in [0.2, 0.25) is 0 Å². The zero-order chi connectivity index (χ0) is 24.0. The van der Waals surface area contributed by atoms with Gasteiger partial charge in [0.1, 0.15) is 11.1 Å². The first-order chi connectivity index (χ1) is 16.4. The van der Waals surface area contributed by atoms with Crippen molar-refractivity contribution < 1.29 is 4.79 Å². The number of aliphatic imine (C=N–C) groups is 1. The summed E-state index contributed by atoms with van der Waals surface area (Å²) in [5.74, 6) is -0.137. The molecule has 5 nitrogen and oxygen atoms in total. The molecule has 0 saturated carbocycles. The van der Waals surface area contributed by atoms with E-state index in [1.807, 2.05) is 24.3 Å². The zero-order valence-corrected chi connectivity index (χ0v) is 21.4. The maximum absolute atomic E-state index is 12.7. The monoisotopic (exact) mass is 486 g/mol. The van der Waals surface area contributed by atoms with Crippen LogP contribution in [0.25, 0.3) is 11.1 Å². The minimum Gasteiger partial charge on any atom is -0.308 e. The van der Waals surface area contributed by atoms with Gasteiger partial charge in [-0.3, -0.25) is 4.79 Å². The number of nitrogens with one attached hydrogen (secondary N) is 1. The number of rotatable bonds is 3. The molecule has 0 bridgehead atoms. The van der Waals surface area contributed by atoms with E-state index in [1.54, 1.807) is 11.3 Å². The molecule has 0 spiro atoms. The number of carbonyl (C=O) groups excluding carboxylic acids is 1. The molecule has 1 aliphatic carbocycles. The maximum atomic E-state index is 12.7. The average molecular weight is 487 g/mol. The van der Waals surface area contributed by atoms with E-state index in [4.69, 9.17) is 0 Å². The number of nitrogens with zero attached hydrogens (tertiary/aromatic N) is 3. The Morgan fingerprint density at radius 3 is 2.68 bits per heavy atom. The number of fused-ring (bicyclic) bond motifs is 1. The fraction of sp³-hybridized carbons (Fsp3) is 0.296. The van der Waals surface area contributed by atoms with Crippen LogP contribution in [0, 0.1) is 39.0 Å². The number of thiophene rings is 1. The third-order valence-corrected chi connectivity index (χ3v) is 8.78. The topological polar surface area (TPSA) is 70.2 Å². The Bertz CT molecular complexity index is 1430. The number of carbonyl (C=O) groups is 1. The first kappa shape index (κ1) is 22.7. The number of aromatic nitrogens is 1. The molecule has 172 valence electrons. The van der Waals surface area contributed by atoms with Crippen molar-refractivity contribution in [1.82, 2.24) is 9.88 Å². The van der Waals surface area contributed by atoms with Gasteiger partial charge in [0.25, 0.3) is 5.91 Å². The molecule has 1 saturated heterocycles. The molecule has 0 atom stereocenters. The molecule has 1 N–H and O–H groups in total. The smallest absolute Gasteiger partial charge is 0.264 e. The minimum atomic E-state index is -0.137. The molecular formula is C27H26N4OS2. The Morgan fingerprint density at radius 1 is 1.12 bits per heavy atom. The van der Waals surface area contributed by atoms with Gasteiger partial charge in [-0.05, 0) is 112 Å². The number of aryl methyl sites for hydroxylation is 4. The molecule has 2 aromatic heterocycles. The van der Waals surface area contributed by atoms with Crippen LogP contribution in [0.15, 0.2) is 34.2 Å². The second kappa shape index (κ2) is 8.94. The number of nitriles is 1. The lowest BCUT2D eigenvalue weighted by Crippen LogP contribution is -2.19. The van der Waals surface area contributed by atoms with E-state index < -0.39 is 0 Å². The molecule has 2 aliphatic rings. The van der Waals surface area contributed by atoms with E-state index in [0.29, 0.717) is 10.1 Å². The normalized spacial score (nSPS) is 17.8. The Morgan fingerprint density at radius 2 is 1.91 bits per heavy atom. The van der Waals surface area contributed by atoms with Crippen LogP contribution in [-0.2, 0) is 17.6 Å². The lowest BCUT2D eigenvalue weighted by Gasteiger charge is -2.10. The summed E-state index contributed by atoms with van der Waals surface area (Å²) in [4.78, 5) is 19.3. The van der Waals surface area contributed by atoms with E-state index in [0.717, 1.165) is 52.5 Å². The molecule has 3 aromatic rings. The van der Waals surface area contributed by atoms with Crippen molar-refractivity contribution in [3.8, 4) is 11.1 Å². The van der Waals surface area contributed by atoms with Crippen molar-refractivity contribution >= 4 is 45.9 Å². The summed E-state index contributed by atoms with van der Waals surface area (Å²) in [6.45, 7) is 8.24. The number of hydrogen-bond acceptors (Lipinski definition) is 5. The molecule has 5 rings (SSSR count). The van der Waals surface area contributed by atoms with Crippen LogP contribution in [0.1, 0.15) is 56.9 Å². The number of amidine groups is 1. The average Bonchev–Trinajstić information content (AvgIpc) is 3.43. The van der Waals surface area contributed by atoms with Crippen LogP contribution in [0.3, 0.4) is 0 Å². The molecule has 1 aromatic carbocycles. The van der Waals surface area contributed by atoms with E-state index in [-0.39, 0.29) is 5.91 Å². The Kier molecular flexibility index (Phi) is 5.97. The van der Waals surface area contributed by atoms with Gasteiger partial charge >= 0.3 is 0 Å². The summed E-state index contributed by atoms with van der Waals surface area (Å²) in [5, 5.41) is 14.4. The molecule has 34 heavy (non-hydrogen) atoms. The van der Waals surface area contributed by atoms with E-state index in [1.165, 1.54) is 39.8 Å². The largest absolute Gasteiger partial charge is 0.308 e. The molecule has 0 unspecified atom stereocenters. The van der Waals surface area contributed by atoms with E-state index in [9.17, 15) is 10.1 Å². The number of amides is 1. The summed E-state index contributed by atoms with van der Waals surface area (Å²) in [5.41, 5.74) is 8.35. The lowest BCUT2D eigenvalue weighted by molar-refractivity contribution is -0.115. The number of hydrogen-bond donors (Lipinski definition) is 1. The highest BCUT2D eigenvalue weighted by atomic mass is 32.2. The second-order valence-electron chi connectivity index (χ2n) is 8.92. The molecule has 1 aliphatic heterocycles. The summed E-state index contributed by atoms with van der Waals surface area (Å²) >= 11 is 3.10. The predicted molar refractivity (Wildman–Crippen MR) is 141 cm³/mol. The Hall–Kier alpha value is -3.08. The maximum Gasteiger partial charge on any atom is 0.264 e. The van der Waals surface area contributed by atoms with Crippen LogP contribution in [0.5, 0.6) is 0 Å². The Labute approximate surface area is 208 Å². The van der Waals surface area contributed by atoms with Crippen LogP contribution < -0.4 is 5.32 Å². The highest BCUT2D eigenvalue weighted by Gasteiger charge is 2.26. The van der Waals surface area contributed by atoms with Gasteiger partial charge < -0.3 is 9.88 Å². The van der Waals surface area contributed by atoms with Crippen molar-refractivity contribution in [2.75, 3.05) is 0 Å². The molecule has 1 amide bonds. The highest BCUT2D eigenvalue weighted by Crippen LogP contribution is 2.39. The van der Waals surface area contributed by atoms with Gasteiger partial charge in [0.2, 0.25) is 0 Å². The first-order valence-electron chi connectivity index (χ1n) is 11.5. The van der Waals surface area contributed by atoms with Gasteiger partial charge in [0.15, 0.2) is 5.17 Å². The highest BCUT2D eigenvalue weighted by molar-refractivity contribution is 8.18. The fourth-order valence-electron chi connectivity index (χ4n) is 4.60. The van der Waals surface area contributed by atoms with Gasteiger partial charge in [-0.25, -0.2) is 4.99 Å². The van der Waals surface area contributed by atoms with Gasteiger partial charge in [-0.1, -0.05) is 6.07 Å². The van der Waals surface area contributed by atoms with Crippen LogP contribution in [0.4, 0.5) is 5.69 Å². The van der Waals surface area contributed by atoms with Gasteiger partial charge in [-0.15, -0.1) is 11.3 Å². The van der Waals surface area contributed by atoms with Gasteiger partial charge in [0.05, 0.1) is 16.2 Å². The third kappa shape index (κ3) is 4.02. The summed E-state index contributed by atoms with van der Waals surface area (Å²) < 4.78 is 2.18. The Balaban J connectivity index is 1.48. The van der Waals surface area contributed by atoms with Gasteiger partial charge in [-0.2, -0.15) is 5.26 Å². The summed E-state index contributed by atoms with van der Waals surface area (Å²) in [7, 11) is 0. The van der Waals surface area contributed by atoms with E-state index >= 15 is 0 Å². The number of thioether (sulfide) groups is 1. The predicted octanol–water partition coefficient (Wildman–Crippen LogP) is 6.41. The number of benzene rings is 1. The first-order valence-corrected chi connectivity index (χ1v) is 13.1. The van der Waals surface area contributed by atoms with Crippen LogP contribution >= 0.6 is 23.1 Å². The standard InChI is InChI=1S/C27H26N4OS2/c1-15-9-10-20(11-16(15)2)29-27-30-25(32)24(34-27)13-19-12-17(3)31(18(19)4)26-22(14-28)21-7-5-6-8-23(21)33-26/h9-13H,5-8H2,1-4H3,(H,29,30,32)/b24-13-. The van der Waals surface area contributed by atoms with E-state index in [2.05, 4.69) is 54.7 Å². The molecule has 0 radical (unpaired) electrons. The van der Waals surface area contributed by atoms with Crippen molar-refractivity contribution in [2.45, 2.75) is 53.4 Å². The van der Waals surface area contributed by atoms with Crippen molar-refractivity contribution in [2.24, 2.45) is 4.99 Å². The third-order valence-electron chi connectivity index (χ3n) is 6.60. The van der Waals surface area contributed by atoms with Crippen LogP contribution in [-0.4, -0.2) is 15.6 Å². The molecule has 7 heteroatoms. The van der Waals surface area contributed by atoms with Crippen molar-refractivity contribution in [1.29, 1.82) is 5.26 Å². The summed E-state index contributed by atoms with van der Waals surface area (Å²) in [6, 6.07) is 10.6. The SMILES string of the molecule is Cc1ccc(N=C2NC(=O)/C(=C/c3cc(C)n(-c4sc5c(c4C#N)CCCC5)c3C)S2)cc1C. The lowest BCUT2D eigenvalue weighted by atomic mass is 9.96. The fourth-order valence-corrected chi connectivity index (χ4v) is 6.89. The van der Waals surface area contributed by atoms with Gasteiger partial charge in [0, 0.05) is 16.3 Å². The summed E-state index contributed by atoms with van der Waals surface area (Å²) in [6.07, 6.45) is 6.32. The molecule has 1 fully saturated rings. The quantitative estimate of drug-likeness (QED) is 0.435. The van der Waals surface area contributed by atoms with Crippen molar-refractivity contribution in [3.05, 3.63) is 73.3 Å². The minimum absolute atomic E-state index is 0.137. The second-order valence-corrected chi connectivity index (χ2v) is 11.0. The zero-order valence-electron chi connectivity index (χ0n) is 19.8. The van der Waals surface area contributed by atoms with Crippen molar-refractivity contribution in [3.63, 3.8) is 0 Å². The molecule has 3 heterocycles.